The maximum atomic E-state index is 14.0. The lowest BCUT2D eigenvalue weighted by atomic mass is 9.89. The minimum atomic E-state index is -1.11. The van der Waals surface area contributed by atoms with E-state index in [1.54, 1.807) is 0 Å². The van der Waals surface area contributed by atoms with Gasteiger partial charge in [0.05, 0.1) is 17.3 Å². The highest BCUT2D eigenvalue weighted by molar-refractivity contribution is 5.94. The molecule has 1 saturated heterocycles. The molecule has 2 aliphatic heterocycles. The molecular formula is C24H30F2N4O4. The summed E-state index contributed by atoms with van der Waals surface area (Å²) in [6.07, 6.45) is 6.73. The van der Waals surface area contributed by atoms with E-state index in [1.807, 2.05) is 0 Å². The number of amides is 3. The number of cyclic esters (lactones) is 1. The fourth-order valence-electron chi connectivity index (χ4n) is 5.11. The summed E-state index contributed by atoms with van der Waals surface area (Å²) < 4.78 is 32.6. The molecule has 0 spiro atoms. The van der Waals surface area contributed by atoms with E-state index in [0.717, 1.165) is 25.2 Å². The number of urea groups is 1. The molecule has 184 valence electrons. The Bertz CT molecular complexity index is 974. The Morgan fingerprint density at radius 2 is 1.97 bits per heavy atom. The van der Waals surface area contributed by atoms with E-state index < -0.39 is 29.7 Å². The van der Waals surface area contributed by atoms with Crippen LogP contribution in [0.1, 0.15) is 43.7 Å². The van der Waals surface area contributed by atoms with Crippen molar-refractivity contribution in [3.63, 3.8) is 0 Å². The van der Waals surface area contributed by atoms with Crippen molar-refractivity contribution in [3.05, 3.63) is 46.7 Å². The standard InChI is InChI=1S/C24H30F2N4O4/c1-29(24(33)27-10-15-11-30(12-15)17-5-3-2-4-6-17)22(16-7-8-18(25)19(26)9-16)21-20(28-14-31)13-34-23(21)32/h7-9,14-15,17,22H,2-6,10-13H2,1H3,(H,27,33)(H,28,31). The van der Waals surface area contributed by atoms with Gasteiger partial charge in [0.25, 0.3) is 0 Å². The zero-order valence-corrected chi connectivity index (χ0v) is 19.2. The van der Waals surface area contributed by atoms with E-state index in [-0.39, 0.29) is 23.4 Å². The fourth-order valence-corrected chi connectivity index (χ4v) is 5.11. The lowest BCUT2D eigenvalue weighted by Gasteiger charge is -2.46. The lowest BCUT2D eigenvalue weighted by molar-refractivity contribution is -0.136. The van der Waals surface area contributed by atoms with Crippen LogP contribution in [0.4, 0.5) is 13.6 Å². The summed E-state index contributed by atoms with van der Waals surface area (Å²) in [4.78, 5) is 40.3. The number of ether oxygens (including phenoxy) is 1. The zero-order valence-electron chi connectivity index (χ0n) is 19.2. The molecule has 34 heavy (non-hydrogen) atoms. The number of hydrogen-bond donors (Lipinski definition) is 2. The molecule has 8 nitrogen and oxygen atoms in total. The molecule has 0 bridgehead atoms. The molecule has 2 fully saturated rings. The van der Waals surface area contributed by atoms with Gasteiger partial charge in [0.1, 0.15) is 6.61 Å². The average Bonchev–Trinajstić information content (AvgIpc) is 3.16. The van der Waals surface area contributed by atoms with Crippen LogP contribution in [0.3, 0.4) is 0 Å². The number of nitrogens with zero attached hydrogens (tertiary/aromatic N) is 2. The van der Waals surface area contributed by atoms with Gasteiger partial charge >= 0.3 is 12.0 Å². The predicted octanol–water partition coefficient (Wildman–Crippen LogP) is 2.47. The van der Waals surface area contributed by atoms with Crippen LogP contribution in [-0.2, 0) is 14.3 Å². The third kappa shape index (κ3) is 5.06. The van der Waals surface area contributed by atoms with Crippen LogP contribution >= 0.6 is 0 Å². The highest BCUT2D eigenvalue weighted by Gasteiger charge is 2.38. The molecule has 1 aliphatic carbocycles. The highest BCUT2D eigenvalue weighted by atomic mass is 19.2. The lowest BCUT2D eigenvalue weighted by Crippen LogP contribution is -2.56. The number of likely N-dealkylation sites (tertiary alicyclic amines) is 1. The molecule has 10 heteroatoms. The second kappa shape index (κ2) is 10.5. The summed E-state index contributed by atoms with van der Waals surface area (Å²) in [5.74, 6) is -2.55. The van der Waals surface area contributed by atoms with Gasteiger partial charge in [-0.3, -0.25) is 9.69 Å². The smallest absolute Gasteiger partial charge is 0.338 e. The van der Waals surface area contributed by atoms with Crippen LogP contribution in [0.15, 0.2) is 29.5 Å². The normalized spacial score (nSPS) is 20.5. The Morgan fingerprint density at radius 3 is 2.65 bits per heavy atom. The summed E-state index contributed by atoms with van der Waals surface area (Å²) in [5, 5.41) is 5.32. The van der Waals surface area contributed by atoms with Crippen molar-refractivity contribution in [2.45, 2.75) is 44.2 Å². The maximum Gasteiger partial charge on any atom is 0.338 e. The van der Waals surface area contributed by atoms with E-state index in [0.29, 0.717) is 24.9 Å². The molecule has 0 radical (unpaired) electrons. The summed E-state index contributed by atoms with van der Waals surface area (Å²) in [5.41, 5.74) is 0.363. The second-order valence-electron chi connectivity index (χ2n) is 9.22. The van der Waals surface area contributed by atoms with Crippen molar-refractivity contribution in [1.82, 2.24) is 20.4 Å². The number of rotatable bonds is 8. The second-order valence-corrected chi connectivity index (χ2v) is 9.22. The quantitative estimate of drug-likeness (QED) is 0.444. The Hall–Kier alpha value is -3.01. The van der Waals surface area contributed by atoms with Gasteiger partial charge in [-0.25, -0.2) is 18.4 Å². The molecule has 3 amide bonds. The first-order valence-electron chi connectivity index (χ1n) is 11.7. The summed E-state index contributed by atoms with van der Waals surface area (Å²) in [7, 11) is 1.47. The van der Waals surface area contributed by atoms with Crippen LogP contribution in [0.2, 0.25) is 0 Å². The fraction of sp³-hybridized carbons (Fsp3) is 0.542. The third-order valence-corrected chi connectivity index (χ3v) is 6.98. The number of nitrogens with one attached hydrogen (secondary N) is 2. The molecule has 1 saturated carbocycles. The molecule has 1 aromatic rings. The van der Waals surface area contributed by atoms with E-state index in [9.17, 15) is 23.2 Å². The number of benzene rings is 1. The molecular weight excluding hydrogens is 446 g/mol. The van der Waals surface area contributed by atoms with Crippen molar-refractivity contribution in [2.75, 3.05) is 33.3 Å². The Kier molecular flexibility index (Phi) is 7.45. The molecule has 2 heterocycles. The first-order valence-corrected chi connectivity index (χ1v) is 11.7. The van der Waals surface area contributed by atoms with Gasteiger partial charge in [-0.05, 0) is 30.5 Å². The first kappa shape index (κ1) is 24.1. The third-order valence-electron chi connectivity index (χ3n) is 6.98. The maximum absolute atomic E-state index is 14.0. The van der Waals surface area contributed by atoms with Gasteiger partial charge in [0, 0.05) is 38.6 Å². The number of halogens is 2. The molecule has 1 aromatic carbocycles. The van der Waals surface area contributed by atoms with Gasteiger partial charge in [-0.2, -0.15) is 0 Å². The number of hydrogen-bond acceptors (Lipinski definition) is 5. The van der Waals surface area contributed by atoms with Gasteiger partial charge in [0.2, 0.25) is 6.41 Å². The van der Waals surface area contributed by atoms with Crippen molar-refractivity contribution in [1.29, 1.82) is 0 Å². The van der Waals surface area contributed by atoms with Crippen LogP contribution in [0, 0.1) is 17.6 Å². The van der Waals surface area contributed by atoms with Gasteiger partial charge in [-0.1, -0.05) is 25.3 Å². The average molecular weight is 477 g/mol. The van der Waals surface area contributed by atoms with Crippen LogP contribution < -0.4 is 10.6 Å². The van der Waals surface area contributed by atoms with Crippen molar-refractivity contribution in [2.24, 2.45) is 5.92 Å². The first-order chi connectivity index (χ1) is 16.4. The van der Waals surface area contributed by atoms with E-state index >= 15 is 0 Å². The topological polar surface area (TPSA) is 91.0 Å². The molecule has 1 unspecified atom stereocenters. The van der Waals surface area contributed by atoms with Gasteiger partial charge in [0.15, 0.2) is 11.6 Å². The molecule has 0 aromatic heterocycles. The van der Waals surface area contributed by atoms with Crippen LogP contribution in [0.5, 0.6) is 0 Å². The molecule has 1 atom stereocenters. The Morgan fingerprint density at radius 1 is 1.24 bits per heavy atom. The van der Waals surface area contributed by atoms with Crippen LogP contribution in [-0.4, -0.2) is 67.5 Å². The predicted molar refractivity (Wildman–Crippen MR) is 119 cm³/mol. The largest absolute Gasteiger partial charge is 0.456 e. The molecule has 3 aliphatic rings. The summed E-state index contributed by atoms with van der Waals surface area (Å²) in [6.45, 7) is 2.17. The Labute approximate surface area is 197 Å². The van der Waals surface area contributed by atoms with Gasteiger partial charge < -0.3 is 20.3 Å². The highest BCUT2D eigenvalue weighted by Crippen LogP contribution is 2.34. The monoisotopic (exact) mass is 476 g/mol. The number of carbonyl (C=O) groups excluding carboxylic acids is 3. The number of likely N-dealkylation sites (N-methyl/N-ethyl adjacent to an activating group) is 1. The summed E-state index contributed by atoms with van der Waals surface area (Å²) in [6, 6.07) is 2.28. The van der Waals surface area contributed by atoms with E-state index in [4.69, 9.17) is 4.74 Å². The molecule has 4 rings (SSSR count). The minimum absolute atomic E-state index is 0.00266. The summed E-state index contributed by atoms with van der Waals surface area (Å²) >= 11 is 0. The minimum Gasteiger partial charge on any atom is -0.456 e. The van der Waals surface area contributed by atoms with Gasteiger partial charge in [-0.15, -0.1) is 0 Å². The number of esters is 1. The van der Waals surface area contributed by atoms with E-state index in [1.165, 1.54) is 50.1 Å². The Balaban J connectivity index is 1.46. The van der Waals surface area contributed by atoms with Crippen LogP contribution in [0.25, 0.3) is 0 Å². The van der Waals surface area contributed by atoms with E-state index in [2.05, 4.69) is 15.5 Å². The SMILES string of the molecule is CN(C(=O)NCC1CN(C2CCCCC2)C1)C(C1=C(NC=O)COC1=O)c1ccc(F)c(F)c1. The number of carbonyl (C=O) groups is 3. The van der Waals surface area contributed by atoms with Crippen molar-refractivity contribution >= 4 is 18.4 Å². The van der Waals surface area contributed by atoms with Crippen molar-refractivity contribution in [3.8, 4) is 0 Å². The molecule has 2 N–H and O–H groups in total. The zero-order chi connectivity index (χ0) is 24.2. The van der Waals surface area contributed by atoms with Crippen molar-refractivity contribution < 1.29 is 27.9 Å².